The first-order valence-corrected chi connectivity index (χ1v) is 9.18. The molecule has 0 atom stereocenters. The van der Waals surface area contributed by atoms with Crippen LogP contribution in [-0.4, -0.2) is 12.1 Å². The quantitative estimate of drug-likeness (QED) is 0.296. The van der Waals surface area contributed by atoms with Crippen molar-refractivity contribution in [2.45, 2.75) is 71.1 Å². The van der Waals surface area contributed by atoms with E-state index in [1.54, 1.807) is 12.3 Å². The van der Waals surface area contributed by atoms with Crippen LogP contribution >= 0.6 is 11.6 Å². The number of hydrogen-bond acceptors (Lipinski definition) is 2. The highest BCUT2D eigenvalue weighted by Gasteiger charge is 2.00. The Morgan fingerprint density at radius 2 is 1.65 bits per heavy atom. The normalized spacial score (nSPS) is 11.0. The molecule has 0 aliphatic rings. The van der Waals surface area contributed by atoms with Crippen LogP contribution in [0.15, 0.2) is 29.4 Å². The monoisotopic (exact) mass is 336 g/mol. The standard InChI is InChI=1S/C19H29ClN2O/c1-2-3-4-5-6-7-8-9-10-15-19(23)22-21-16-17-13-11-12-14-18(17)20/h11-14,16H,2-10,15H2,1H3,(H,22,23)/b21-16+. The largest absolute Gasteiger partial charge is 0.273 e. The Labute approximate surface area is 145 Å². The van der Waals surface area contributed by atoms with E-state index >= 15 is 0 Å². The van der Waals surface area contributed by atoms with Crippen molar-refractivity contribution in [3.63, 3.8) is 0 Å². The van der Waals surface area contributed by atoms with Gasteiger partial charge in [0.05, 0.1) is 6.21 Å². The fraction of sp³-hybridized carbons (Fsp3) is 0.579. The van der Waals surface area contributed by atoms with E-state index < -0.39 is 0 Å². The lowest BCUT2D eigenvalue weighted by molar-refractivity contribution is -0.121. The van der Waals surface area contributed by atoms with Crippen LogP contribution < -0.4 is 5.43 Å². The summed E-state index contributed by atoms with van der Waals surface area (Å²) in [4.78, 5) is 11.7. The highest BCUT2D eigenvalue weighted by molar-refractivity contribution is 6.33. The molecule has 0 aromatic heterocycles. The summed E-state index contributed by atoms with van der Waals surface area (Å²) in [6.07, 6.45) is 13.4. The second-order valence-corrected chi connectivity index (χ2v) is 6.30. The minimum absolute atomic E-state index is 0.0313. The molecule has 1 amide bonds. The van der Waals surface area contributed by atoms with Crippen LogP contribution in [0.5, 0.6) is 0 Å². The number of nitrogens with zero attached hydrogens (tertiary/aromatic N) is 1. The van der Waals surface area contributed by atoms with Crippen molar-refractivity contribution in [1.29, 1.82) is 0 Å². The number of hydrazone groups is 1. The van der Waals surface area contributed by atoms with Crippen molar-refractivity contribution in [1.82, 2.24) is 5.43 Å². The molecule has 0 spiro atoms. The lowest BCUT2D eigenvalue weighted by Gasteiger charge is -2.02. The minimum atomic E-state index is -0.0313. The van der Waals surface area contributed by atoms with E-state index in [2.05, 4.69) is 17.5 Å². The zero-order chi connectivity index (χ0) is 16.8. The fourth-order valence-electron chi connectivity index (χ4n) is 2.41. The van der Waals surface area contributed by atoms with Gasteiger partial charge in [-0.3, -0.25) is 4.79 Å². The van der Waals surface area contributed by atoms with E-state index in [0.717, 1.165) is 18.4 Å². The topological polar surface area (TPSA) is 41.5 Å². The molecule has 1 aromatic rings. The number of hydrogen-bond donors (Lipinski definition) is 1. The van der Waals surface area contributed by atoms with E-state index in [1.165, 1.54) is 44.9 Å². The van der Waals surface area contributed by atoms with Gasteiger partial charge in [0.1, 0.15) is 0 Å². The van der Waals surface area contributed by atoms with Crippen LogP contribution in [0.2, 0.25) is 5.02 Å². The zero-order valence-electron chi connectivity index (χ0n) is 14.2. The number of carbonyl (C=O) groups is 1. The van der Waals surface area contributed by atoms with E-state index in [9.17, 15) is 4.79 Å². The van der Waals surface area contributed by atoms with Crippen LogP contribution in [0.25, 0.3) is 0 Å². The van der Waals surface area contributed by atoms with Crippen molar-refractivity contribution in [2.75, 3.05) is 0 Å². The number of unbranched alkanes of at least 4 members (excludes halogenated alkanes) is 8. The summed E-state index contributed by atoms with van der Waals surface area (Å²) in [5.41, 5.74) is 3.36. The van der Waals surface area contributed by atoms with Gasteiger partial charge in [-0.05, 0) is 12.5 Å². The molecule has 0 fully saturated rings. The van der Waals surface area contributed by atoms with Gasteiger partial charge in [-0.1, -0.05) is 88.1 Å². The average Bonchev–Trinajstić information content (AvgIpc) is 2.55. The van der Waals surface area contributed by atoms with Crippen LogP contribution in [0.4, 0.5) is 0 Å². The Morgan fingerprint density at radius 1 is 1.04 bits per heavy atom. The second-order valence-electron chi connectivity index (χ2n) is 5.89. The molecular weight excluding hydrogens is 308 g/mol. The summed E-state index contributed by atoms with van der Waals surface area (Å²) in [7, 11) is 0. The molecule has 23 heavy (non-hydrogen) atoms. The fourth-order valence-corrected chi connectivity index (χ4v) is 2.59. The van der Waals surface area contributed by atoms with E-state index in [-0.39, 0.29) is 5.91 Å². The first kappa shape index (κ1) is 19.7. The molecule has 0 saturated heterocycles. The molecule has 1 aromatic carbocycles. The predicted octanol–water partition coefficient (Wildman–Crippen LogP) is 5.71. The molecular formula is C19H29ClN2O. The van der Waals surface area contributed by atoms with Crippen molar-refractivity contribution >= 4 is 23.7 Å². The van der Waals surface area contributed by atoms with Crippen molar-refractivity contribution in [3.8, 4) is 0 Å². The maximum Gasteiger partial charge on any atom is 0.240 e. The van der Waals surface area contributed by atoms with Crippen LogP contribution in [-0.2, 0) is 4.79 Å². The van der Waals surface area contributed by atoms with Gasteiger partial charge in [-0.15, -0.1) is 0 Å². The first-order chi connectivity index (χ1) is 11.2. The summed E-state index contributed by atoms with van der Waals surface area (Å²) in [6.45, 7) is 2.24. The molecule has 3 nitrogen and oxygen atoms in total. The maximum absolute atomic E-state index is 11.7. The van der Waals surface area contributed by atoms with Gasteiger partial charge >= 0.3 is 0 Å². The highest BCUT2D eigenvalue weighted by atomic mass is 35.5. The third-order valence-corrected chi connectivity index (χ3v) is 4.15. The highest BCUT2D eigenvalue weighted by Crippen LogP contribution is 2.12. The summed E-state index contributed by atoms with van der Waals surface area (Å²) in [5.74, 6) is -0.0313. The zero-order valence-corrected chi connectivity index (χ0v) is 14.9. The van der Waals surface area contributed by atoms with Crippen molar-refractivity contribution < 1.29 is 4.79 Å². The van der Waals surface area contributed by atoms with Crippen LogP contribution in [0.1, 0.15) is 76.7 Å². The smallest absolute Gasteiger partial charge is 0.240 e. The Bertz CT molecular complexity index is 474. The minimum Gasteiger partial charge on any atom is -0.273 e. The van der Waals surface area contributed by atoms with E-state index in [0.29, 0.717) is 11.4 Å². The SMILES string of the molecule is CCCCCCCCCCCC(=O)N/N=C/c1ccccc1Cl. The molecule has 0 bridgehead atoms. The molecule has 0 aliphatic carbocycles. The molecule has 1 N–H and O–H groups in total. The van der Waals surface area contributed by atoms with E-state index in [4.69, 9.17) is 11.6 Å². The summed E-state index contributed by atoms with van der Waals surface area (Å²) < 4.78 is 0. The molecule has 128 valence electrons. The lowest BCUT2D eigenvalue weighted by Crippen LogP contribution is -2.16. The van der Waals surface area contributed by atoms with E-state index in [1.807, 2.05) is 18.2 Å². The molecule has 0 heterocycles. The summed E-state index contributed by atoms with van der Waals surface area (Å²) in [5, 5.41) is 4.58. The van der Waals surface area contributed by atoms with Gasteiger partial charge in [-0.25, -0.2) is 5.43 Å². The number of amides is 1. The maximum atomic E-state index is 11.7. The Kier molecular flexibility index (Phi) is 11.2. The Morgan fingerprint density at radius 3 is 2.30 bits per heavy atom. The van der Waals surface area contributed by atoms with Crippen LogP contribution in [0, 0.1) is 0 Å². The third kappa shape index (κ3) is 10.1. The van der Waals surface area contributed by atoms with Gasteiger partial charge in [0.2, 0.25) is 5.91 Å². The van der Waals surface area contributed by atoms with Gasteiger partial charge in [0, 0.05) is 17.0 Å². The molecule has 4 heteroatoms. The first-order valence-electron chi connectivity index (χ1n) is 8.80. The molecule has 1 rings (SSSR count). The third-order valence-electron chi connectivity index (χ3n) is 3.81. The number of benzene rings is 1. The molecule has 0 saturated carbocycles. The van der Waals surface area contributed by atoms with Gasteiger partial charge in [-0.2, -0.15) is 5.10 Å². The van der Waals surface area contributed by atoms with Crippen molar-refractivity contribution in [3.05, 3.63) is 34.9 Å². The average molecular weight is 337 g/mol. The van der Waals surface area contributed by atoms with Gasteiger partial charge in [0.15, 0.2) is 0 Å². The second kappa shape index (κ2) is 13.1. The molecule has 0 unspecified atom stereocenters. The molecule has 0 aliphatic heterocycles. The summed E-state index contributed by atoms with van der Waals surface area (Å²) >= 11 is 6.01. The van der Waals surface area contributed by atoms with Crippen LogP contribution in [0.3, 0.4) is 0 Å². The number of halogens is 1. The number of rotatable bonds is 12. The van der Waals surface area contributed by atoms with Crippen molar-refractivity contribution in [2.24, 2.45) is 5.10 Å². The molecule has 0 radical (unpaired) electrons. The number of nitrogens with one attached hydrogen (secondary N) is 1. The van der Waals surface area contributed by atoms with Gasteiger partial charge < -0.3 is 0 Å². The Balaban J connectivity index is 2.01. The predicted molar refractivity (Wildman–Crippen MR) is 99.0 cm³/mol. The van der Waals surface area contributed by atoms with Gasteiger partial charge in [0.25, 0.3) is 0 Å². The lowest BCUT2D eigenvalue weighted by atomic mass is 10.1. The Hall–Kier alpha value is -1.35. The number of carbonyl (C=O) groups excluding carboxylic acids is 1. The summed E-state index contributed by atoms with van der Waals surface area (Å²) in [6, 6.07) is 7.41.